The van der Waals surface area contributed by atoms with E-state index in [1.807, 2.05) is 31.4 Å². The van der Waals surface area contributed by atoms with E-state index in [1.54, 1.807) is 30.3 Å². The van der Waals surface area contributed by atoms with E-state index < -0.39 is 9.84 Å². The van der Waals surface area contributed by atoms with Gasteiger partial charge in [0.15, 0.2) is 15.0 Å². The zero-order valence-electron chi connectivity index (χ0n) is 14.6. The third-order valence-corrected chi connectivity index (χ3v) is 6.04. The number of hydrogen-bond acceptors (Lipinski definition) is 5. The number of aryl methyl sites for hydroxylation is 1. The molecule has 0 spiro atoms. The van der Waals surface area contributed by atoms with Gasteiger partial charge in [-0.1, -0.05) is 24.3 Å². The fourth-order valence-corrected chi connectivity index (χ4v) is 3.84. The number of carbonyl (C=O) groups excluding carboxylic acids is 1. The Morgan fingerprint density at radius 1 is 1.08 bits per heavy atom. The molecule has 0 aliphatic rings. The van der Waals surface area contributed by atoms with Crippen LogP contribution in [0.5, 0.6) is 0 Å². The maximum Gasteiger partial charge on any atom is 0.257 e. The Morgan fingerprint density at radius 3 is 2.42 bits per heavy atom. The molecule has 0 saturated carbocycles. The second-order valence-corrected chi connectivity index (χ2v) is 8.91. The molecule has 0 radical (unpaired) electrons. The zero-order valence-corrected chi connectivity index (χ0v) is 16.2. The SMILES string of the molecule is Cc1cccc(C(=O)Nc2nc(-c3ccc(S(C)(=O)=O)cc3)cs2)c1C. The molecule has 134 valence electrons. The lowest BCUT2D eigenvalue weighted by Gasteiger charge is -2.07. The fraction of sp³-hybridized carbons (Fsp3) is 0.158. The van der Waals surface area contributed by atoms with Crippen LogP contribution < -0.4 is 5.32 Å². The third kappa shape index (κ3) is 3.84. The van der Waals surface area contributed by atoms with Crippen LogP contribution in [0.15, 0.2) is 52.7 Å². The molecule has 0 aliphatic heterocycles. The standard InChI is InChI=1S/C19H18N2O3S2/c1-12-5-4-6-16(13(12)2)18(22)21-19-20-17(11-25-19)14-7-9-15(10-8-14)26(3,23)24/h4-11H,1-3H3,(H,20,21,22). The van der Waals surface area contributed by atoms with E-state index in [2.05, 4.69) is 10.3 Å². The van der Waals surface area contributed by atoms with Gasteiger partial charge in [-0.15, -0.1) is 11.3 Å². The number of nitrogens with one attached hydrogen (secondary N) is 1. The molecule has 7 heteroatoms. The molecule has 2 aromatic carbocycles. The second-order valence-electron chi connectivity index (χ2n) is 6.04. The first-order valence-electron chi connectivity index (χ1n) is 7.89. The smallest absolute Gasteiger partial charge is 0.257 e. The molecular weight excluding hydrogens is 368 g/mol. The summed E-state index contributed by atoms with van der Waals surface area (Å²) in [5, 5.41) is 5.15. The van der Waals surface area contributed by atoms with Crippen LogP contribution in [-0.2, 0) is 9.84 Å². The molecule has 3 aromatic rings. The minimum absolute atomic E-state index is 0.195. The van der Waals surface area contributed by atoms with Crippen LogP contribution in [0.1, 0.15) is 21.5 Å². The van der Waals surface area contributed by atoms with Gasteiger partial charge in [-0.05, 0) is 43.2 Å². The highest BCUT2D eigenvalue weighted by atomic mass is 32.2. The molecule has 0 unspecified atom stereocenters. The number of carbonyl (C=O) groups is 1. The molecule has 1 amide bonds. The minimum Gasteiger partial charge on any atom is -0.298 e. The fourth-order valence-electron chi connectivity index (χ4n) is 2.50. The van der Waals surface area contributed by atoms with Gasteiger partial charge in [-0.25, -0.2) is 13.4 Å². The van der Waals surface area contributed by atoms with Gasteiger partial charge in [-0.3, -0.25) is 10.1 Å². The number of benzene rings is 2. The van der Waals surface area contributed by atoms with Gasteiger partial charge in [0.05, 0.1) is 10.6 Å². The molecule has 0 saturated heterocycles. The van der Waals surface area contributed by atoms with Crippen LogP contribution >= 0.6 is 11.3 Å². The summed E-state index contributed by atoms with van der Waals surface area (Å²) in [5.41, 5.74) is 4.10. The van der Waals surface area contributed by atoms with Crippen LogP contribution in [0.25, 0.3) is 11.3 Å². The Kier molecular flexibility index (Phi) is 4.93. The van der Waals surface area contributed by atoms with E-state index in [4.69, 9.17) is 0 Å². The van der Waals surface area contributed by atoms with Gasteiger partial charge in [0.2, 0.25) is 0 Å². The van der Waals surface area contributed by atoms with Gasteiger partial charge >= 0.3 is 0 Å². The first kappa shape index (κ1) is 18.3. The van der Waals surface area contributed by atoms with Crippen molar-refractivity contribution >= 4 is 32.2 Å². The first-order chi connectivity index (χ1) is 12.3. The summed E-state index contributed by atoms with van der Waals surface area (Å²) >= 11 is 1.33. The van der Waals surface area contributed by atoms with Crippen LogP contribution in [0, 0.1) is 13.8 Å². The molecule has 1 aromatic heterocycles. The Labute approximate surface area is 156 Å². The summed E-state index contributed by atoms with van der Waals surface area (Å²) < 4.78 is 23.1. The van der Waals surface area contributed by atoms with E-state index in [1.165, 1.54) is 17.6 Å². The molecule has 0 bridgehead atoms. The third-order valence-electron chi connectivity index (χ3n) is 4.15. The number of hydrogen-bond donors (Lipinski definition) is 1. The Hall–Kier alpha value is -2.51. The van der Waals surface area contributed by atoms with Crippen molar-refractivity contribution in [1.29, 1.82) is 0 Å². The summed E-state index contributed by atoms with van der Waals surface area (Å²) in [5.74, 6) is -0.195. The van der Waals surface area contributed by atoms with Crippen LogP contribution in [0.2, 0.25) is 0 Å². The number of nitrogens with zero attached hydrogens (tertiary/aromatic N) is 1. The lowest BCUT2D eigenvalue weighted by molar-refractivity contribution is 0.102. The molecular formula is C19H18N2O3S2. The normalized spacial score (nSPS) is 11.3. The van der Waals surface area contributed by atoms with E-state index in [0.717, 1.165) is 16.7 Å². The number of rotatable bonds is 4. The van der Waals surface area contributed by atoms with Gasteiger partial charge in [-0.2, -0.15) is 0 Å². The van der Waals surface area contributed by atoms with Gasteiger partial charge in [0.1, 0.15) is 0 Å². The molecule has 5 nitrogen and oxygen atoms in total. The van der Waals surface area contributed by atoms with Gasteiger partial charge < -0.3 is 0 Å². The summed E-state index contributed by atoms with van der Waals surface area (Å²) in [6.07, 6.45) is 1.17. The van der Waals surface area contributed by atoms with Crippen molar-refractivity contribution in [3.63, 3.8) is 0 Å². The van der Waals surface area contributed by atoms with E-state index in [-0.39, 0.29) is 10.8 Å². The molecule has 1 heterocycles. The molecule has 3 rings (SSSR count). The summed E-state index contributed by atoms with van der Waals surface area (Å²) in [6.45, 7) is 3.88. The van der Waals surface area contributed by atoms with Crippen molar-refractivity contribution in [2.24, 2.45) is 0 Å². The largest absolute Gasteiger partial charge is 0.298 e. The zero-order chi connectivity index (χ0) is 18.9. The summed E-state index contributed by atoms with van der Waals surface area (Å²) in [4.78, 5) is 17.2. The predicted octanol–water partition coefficient (Wildman–Crippen LogP) is 4.08. The quantitative estimate of drug-likeness (QED) is 0.733. The Bertz CT molecular complexity index is 1070. The van der Waals surface area contributed by atoms with Crippen LogP contribution in [0.4, 0.5) is 5.13 Å². The Balaban J connectivity index is 1.80. The molecule has 0 atom stereocenters. The average molecular weight is 386 g/mol. The number of sulfone groups is 1. The van der Waals surface area contributed by atoms with Crippen molar-refractivity contribution in [2.75, 3.05) is 11.6 Å². The van der Waals surface area contributed by atoms with Crippen molar-refractivity contribution in [3.05, 3.63) is 64.5 Å². The molecule has 0 aliphatic carbocycles. The highest BCUT2D eigenvalue weighted by molar-refractivity contribution is 7.90. The number of aromatic nitrogens is 1. The highest BCUT2D eigenvalue weighted by Crippen LogP contribution is 2.26. The van der Waals surface area contributed by atoms with E-state index >= 15 is 0 Å². The first-order valence-corrected chi connectivity index (χ1v) is 10.7. The summed E-state index contributed by atoms with van der Waals surface area (Å²) in [7, 11) is -3.23. The maximum absolute atomic E-state index is 12.5. The van der Waals surface area contributed by atoms with Crippen molar-refractivity contribution in [1.82, 2.24) is 4.98 Å². The van der Waals surface area contributed by atoms with Crippen molar-refractivity contribution < 1.29 is 13.2 Å². The molecule has 26 heavy (non-hydrogen) atoms. The van der Waals surface area contributed by atoms with E-state index in [0.29, 0.717) is 16.4 Å². The van der Waals surface area contributed by atoms with Gasteiger partial charge in [0.25, 0.3) is 5.91 Å². The lowest BCUT2D eigenvalue weighted by atomic mass is 10.0. The summed E-state index contributed by atoms with van der Waals surface area (Å²) in [6, 6.07) is 12.1. The monoisotopic (exact) mass is 386 g/mol. The number of thiazole rings is 1. The lowest BCUT2D eigenvalue weighted by Crippen LogP contribution is -2.13. The average Bonchev–Trinajstić information content (AvgIpc) is 3.05. The predicted molar refractivity (Wildman–Crippen MR) is 105 cm³/mol. The molecule has 1 N–H and O–H groups in total. The Morgan fingerprint density at radius 2 is 1.77 bits per heavy atom. The van der Waals surface area contributed by atoms with Crippen molar-refractivity contribution in [3.8, 4) is 11.3 Å². The molecule has 0 fully saturated rings. The van der Waals surface area contributed by atoms with Crippen LogP contribution in [-0.4, -0.2) is 25.6 Å². The van der Waals surface area contributed by atoms with Gasteiger partial charge in [0, 0.05) is 22.8 Å². The van der Waals surface area contributed by atoms with Crippen molar-refractivity contribution in [2.45, 2.75) is 18.7 Å². The number of amides is 1. The van der Waals surface area contributed by atoms with E-state index in [9.17, 15) is 13.2 Å². The second kappa shape index (κ2) is 7.01. The highest BCUT2D eigenvalue weighted by Gasteiger charge is 2.13. The van der Waals surface area contributed by atoms with Crippen LogP contribution in [0.3, 0.4) is 0 Å². The maximum atomic E-state index is 12.5. The minimum atomic E-state index is -3.23. The number of anilines is 1. The topological polar surface area (TPSA) is 76.1 Å².